The number of benzene rings is 1. The molecule has 0 saturated carbocycles. The quantitative estimate of drug-likeness (QED) is 0.416. The summed E-state index contributed by atoms with van der Waals surface area (Å²) in [5.74, 6) is -0.832. The summed E-state index contributed by atoms with van der Waals surface area (Å²) in [4.78, 5) is 43.4. The van der Waals surface area contributed by atoms with Crippen molar-refractivity contribution in [3.05, 3.63) is 23.8 Å². The molecule has 10 heteroatoms. The van der Waals surface area contributed by atoms with Gasteiger partial charge in [-0.1, -0.05) is 19.4 Å². The number of carbonyl (C=O) groups is 3. The Kier molecular flexibility index (Phi) is 9.95. The van der Waals surface area contributed by atoms with Gasteiger partial charge in [-0.3, -0.25) is 19.3 Å². The Morgan fingerprint density at radius 3 is 2.50 bits per heavy atom. The van der Waals surface area contributed by atoms with Gasteiger partial charge in [0.25, 0.3) is 0 Å². The van der Waals surface area contributed by atoms with E-state index in [0.717, 1.165) is 18.4 Å². The molecule has 3 atom stereocenters. The van der Waals surface area contributed by atoms with E-state index in [9.17, 15) is 19.5 Å². The lowest BCUT2D eigenvalue weighted by Crippen LogP contribution is -2.46. The standard InChI is InChI=1S/C26H40N4O6/c1-4-6-11-29(13-10-27)24(32)16-30-15-20(19-7-8-22-23(14-19)36-17-35-22)25(26(33)34)21(30)9-12-28(5-2)18(3)31/h7-8,14,20-21,25H,4-6,9-13,15-17,27H2,1-3H3,(H,33,34)/t20-,21+,25-/m1/s1. The fourth-order valence-electron chi connectivity index (χ4n) is 5.30. The summed E-state index contributed by atoms with van der Waals surface area (Å²) < 4.78 is 10.9. The van der Waals surface area contributed by atoms with Crippen LogP contribution in [0.25, 0.3) is 0 Å². The molecule has 2 aliphatic rings. The molecule has 1 aromatic rings. The van der Waals surface area contributed by atoms with Crippen LogP contribution < -0.4 is 15.2 Å². The maximum atomic E-state index is 13.3. The van der Waals surface area contributed by atoms with Gasteiger partial charge in [0.1, 0.15) is 0 Å². The molecule has 0 unspecified atom stereocenters. The number of carbonyl (C=O) groups excluding carboxylic acids is 2. The molecule has 1 fully saturated rings. The second kappa shape index (κ2) is 12.9. The van der Waals surface area contributed by atoms with Gasteiger partial charge < -0.3 is 30.1 Å². The molecule has 0 aliphatic carbocycles. The van der Waals surface area contributed by atoms with Gasteiger partial charge in [0, 0.05) is 58.2 Å². The van der Waals surface area contributed by atoms with Gasteiger partial charge in [0.15, 0.2) is 11.5 Å². The monoisotopic (exact) mass is 504 g/mol. The van der Waals surface area contributed by atoms with E-state index >= 15 is 0 Å². The number of fused-ring (bicyclic) bond motifs is 1. The average molecular weight is 505 g/mol. The van der Waals surface area contributed by atoms with E-state index in [-0.39, 0.29) is 31.1 Å². The third kappa shape index (κ3) is 6.47. The number of carboxylic acid groups (broad SMARTS) is 1. The van der Waals surface area contributed by atoms with Crippen molar-refractivity contribution in [3.8, 4) is 11.5 Å². The van der Waals surface area contributed by atoms with Crippen molar-refractivity contribution in [2.24, 2.45) is 11.7 Å². The second-order valence-electron chi connectivity index (χ2n) is 9.49. The van der Waals surface area contributed by atoms with Gasteiger partial charge in [-0.25, -0.2) is 0 Å². The molecule has 2 aliphatic heterocycles. The van der Waals surface area contributed by atoms with E-state index in [2.05, 4.69) is 6.92 Å². The first-order valence-corrected chi connectivity index (χ1v) is 12.9. The molecular formula is C26H40N4O6. The molecule has 200 valence electrons. The van der Waals surface area contributed by atoms with Crippen molar-refractivity contribution in [1.82, 2.24) is 14.7 Å². The largest absolute Gasteiger partial charge is 0.481 e. The molecule has 2 heterocycles. The first kappa shape index (κ1) is 27.7. The van der Waals surface area contributed by atoms with Crippen LogP contribution in [0.1, 0.15) is 51.5 Å². The van der Waals surface area contributed by atoms with Crippen LogP contribution in [0.4, 0.5) is 0 Å². The van der Waals surface area contributed by atoms with Gasteiger partial charge in [0.05, 0.1) is 12.5 Å². The van der Waals surface area contributed by atoms with Crippen molar-refractivity contribution in [2.75, 3.05) is 52.6 Å². The zero-order valence-corrected chi connectivity index (χ0v) is 21.6. The summed E-state index contributed by atoms with van der Waals surface area (Å²) in [7, 11) is 0. The van der Waals surface area contributed by atoms with Crippen LogP contribution in [0.3, 0.4) is 0 Å². The molecule has 0 spiro atoms. The number of likely N-dealkylation sites (tertiary alicyclic amines) is 1. The summed E-state index contributed by atoms with van der Waals surface area (Å²) in [5, 5.41) is 10.3. The lowest BCUT2D eigenvalue weighted by molar-refractivity contribution is -0.144. The minimum atomic E-state index is -0.909. The predicted molar refractivity (Wildman–Crippen MR) is 135 cm³/mol. The van der Waals surface area contributed by atoms with Crippen LogP contribution in [0.15, 0.2) is 18.2 Å². The Labute approximate surface area is 213 Å². The van der Waals surface area contributed by atoms with Gasteiger partial charge in [-0.2, -0.15) is 0 Å². The number of aliphatic carboxylic acids is 1. The third-order valence-electron chi connectivity index (χ3n) is 7.25. The van der Waals surface area contributed by atoms with Crippen molar-refractivity contribution in [2.45, 2.75) is 52.0 Å². The maximum absolute atomic E-state index is 13.3. The van der Waals surface area contributed by atoms with E-state index in [0.29, 0.717) is 57.2 Å². The highest BCUT2D eigenvalue weighted by Gasteiger charge is 2.47. The molecule has 1 saturated heterocycles. The molecular weight excluding hydrogens is 464 g/mol. The molecule has 3 N–H and O–H groups in total. The number of nitrogens with two attached hydrogens (primary N) is 1. The highest BCUT2D eigenvalue weighted by molar-refractivity contribution is 5.79. The Morgan fingerprint density at radius 1 is 1.11 bits per heavy atom. The number of ether oxygens (including phenoxy) is 2. The molecule has 10 nitrogen and oxygen atoms in total. The van der Waals surface area contributed by atoms with Crippen LogP contribution >= 0.6 is 0 Å². The fourth-order valence-corrected chi connectivity index (χ4v) is 5.30. The Balaban J connectivity index is 1.88. The van der Waals surface area contributed by atoms with Crippen LogP contribution in [0, 0.1) is 5.92 Å². The van der Waals surface area contributed by atoms with Gasteiger partial charge in [-0.15, -0.1) is 0 Å². The van der Waals surface area contributed by atoms with Gasteiger partial charge in [0.2, 0.25) is 18.6 Å². The van der Waals surface area contributed by atoms with E-state index < -0.39 is 17.9 Å². The summed E-state index contributed by atoms with van der Waals surface area (Å²) in [6, 6.07) is 5.14. The first-order chi connectivity index (χ1) is 17.3. The summed E-state index contributed by atoms with van der Waals surface area (Å²) in [5.41, 5.74) is 6.60. The number of carboxylic acids is 1. The maximum Gasteiger partial charge on any atom is 0.308 e. The highest BCUT2D eigenvalue weighted by Crippen LogP contribution is 2.42. The van der Waals surface area contributed by atoms with Crippen molar-refractivity contribution >= 4 is 17.8 Å². The van der Waals surface area contributed by atoms with Crippen molar-refractivity contribution in [3.63, 3.8) is 0 Å². The number of amides is 2. The predicted octanol–water partition coefficient (Wildman–Crippen LogP) is 1.73. The van der Waals surface area contributed by atoms with Crippen LogP contribution in [-0.2, 0) is 14.4 Å². The molecule has 36 heavy (non-hydrogen) atoms. The molecule has 0 aromatic heterocycles. The van der Waals surface area contributed by atoms with Crippen LogP contribution in [-0.4, -0.2) is 96.2 Å². The topological polar surface area (TPSA) is 126 Å². The average Bonchev–Trinajstić information content (AvgIpc) is 3.46. The van der Waals surface area contributed by atoms with Gasteiger partial charge in [-0.05, 0) is 37.5 Å². The fraction of sp³-hybridized carbons (Fsp3) is 0.654. The zero-order valence-electron chi connectivity index (χ0n) is 21.6. The number of hydrogen-bond acceptors (Lipinski definition) is 7. The molecule has 0 radical (unpaired) electrons. The Bertz CT molecular complexity index is 926. The third-order valence-corrected chi connectivity index (χ3v) is 7.25. The smallest absolute Gasteiger partial charge is 0.308 e. The summed E-state index contributed by atoms with van der Waals surface area (Å²) in [6.45, 7) is 8.63. The van der Waals surface area contributed by atoms with Gasteiger partial charge >= 0.3 is 5.97 Å². The Hall–Kier alpha value is -2.85. The van der Waals surface area contributed by atoms with Crippen molar-refractivity contribution in [1.29, 1.82) is 0 Å². The zero-order chi connectivity index (χ0) is 26.2. The summed E-state index contributed by atoms with van der Waals surface area (Å²) >= 11 is 0. The molecule has 2 amide bonds. The minimum absolute atomic E-state index is 0.0479. The van der Waals surface area contributed by atoms with Crippen LogP contribution in [0.5, 0.6) is 11.5 Å². The minimum Gasteiger partial charge on any atom is -0.481 e. The van der Waals surface area contributed by atoms with E-state index in [4.69, 9.17) is 15.2 Å². The lowest BCUT2D eigenvalue weighted by atomic mass is 9.84. The van der Waals surface area contributed by atoms with E-state index in [1.54, 1.807) is 9.80 Å². The molecule has 3 rings (SSSR count). The summed E-state index contributed by atoms with van der Waals surface area (Å²) in [6.07, 6.45) is 2.31. The number of hydrogen-bond donors (Lipinski definition) is 2. The number of unbranched alkanes of at least 4 members (excludes halogenated alkanes) is 1. The number of rotatable bonds is 13. The van der Waals surface area contributed by atoms with E-state index in [1.165, 1.54) is 6.92 Å². The number of nitrogens with zero attached hydrogens (tertiary/aromatic N) is 3. The SMILES string of the molecule is CCCCN(CCN)C(=O)CN1C[C@H](c2ccc3c(c2)OCO3)[C@@H](C(=O)O)[C@@H]1CCN(CC)C(C)=O. The first-order valence-electron chi connectivity index (χ1n) is 12.9. The van der Waals surface area contributed by atoms with E-state index in [1.807, 2.05) is 30.0 Å². The van der Waals surface area contributed by atoms with Crippen molar-refractivity contribution < 1.29 is 29.0 Å². The molecule has 1 aromatic carbocycles. The lowest BCUT2D eigenvalue weighted by Gasteiger charge is -2.31. The Morgan fingerprint density at radius 2 is 1.86 bits per heavy atom. The normalized spacial score (nSPS) is 20.9. The molecule has 0 bridgehead atoms. The second-order valence-corrected chi connectivity index (χ2v) is 9.49. The van der Waals surface area contributed by atoms with Crippen LogP contribution in [0.2, 0.25) is 0 Å². The highest BCUT2D eigenvalue weighted by atomic mass is 16.7.